The van der Waals surface area contributed by atoms with Crippen molar-refractivity contribution in [2.75, 3.05) is 19.0 Å². The summed E-state index contributed by atoms with van der Waals surface area (Å²) in [7, 11) is 1.55. The predicted octanol–water partition coefficient (Wildman–Crippen LogP) is 2.22. The number of hydrazine groups is 1. The molecule has 0 spiro atoms. The normalized spacial score (nSPS) is 9.83. The summed E-state index contributed by atoms with van der Waals surface area (Å²) in [5.74, 6) is -0.266. The van der Waals surface area contributed by atoms with Crippen molar-refractivity contribution in [1.82, 2.24) is 10.9 Å². The van der Waals surface area contributed by atoms with E-state index in [1.807, 2.05) is 12.1 Å². The van der Waals surface area contributed by atoms with Gasteiger partial charge in [-0.25, -0.2) is 0 Å². The van der Waals surface area contributed by atoms with Gasteiger partial charge in [-0.1, -0.05) is 35.9 Å². The van der Waals surface area contributed by atoms with Crippen LogP contribution in [0.1, 0.15) is 10.4 Å². The van der Waals surface area contributed by atoms with E-state index in [2.05, 4.69) is 16.2 Å². The summed E-state index contributed by atoms with van der Waals surface area (Å²) in [6, 6.07) is 13.8. The van der Waals surface area contributed by atoms with E-state index in [4.69, 9.17) is 16.3 Å². The lowest BCUT2D eigenvalue weighted by molar-refractivity contribution is -0.120. The minimum Gasteiger partial charge on any atom is -0.495 e. The Balaban J connectivity index is 1.84. The van der Waals surface area contributed by atoms with E-state index in [1.54, 1.807) is 43.5 Å². The standard InChI is InChI=1S/C16H16ClN3O3/c1-23-14-9-5-4-8-13(14)18-10-15(21)19-20-16(22)11-6-2-3-7-12(11)17/h2-9,18H,10H2,1H3,(H,19,21)(H,20,22). The first kappa shape index (κ1) is 16.6. The largest absolute Gasteiger partial charge is 0.495 e. The van der Waals surface area contributed by atoms with Gasteiger partial charge < -0.3 is 10.1 Å². The molecule has 120 valence electrons. The average molecular weight is 334 g/mol. The zero-order chi connectivity index (χ0) is 16.7. The van der Waals surface area contributed by atoms with Gasteiger partial charge in [0.15, 0.2) is 0 Å². The Morgan fingerprint density at radius 3 is 2.48 bits per heavy atom. The molecular formula is C16H16ClN3O3. The molecule has 0 saturated heterocycles. The van der Waals surface area contributed by atoms with Gasteiger partial charge in [-0.3, -0.25) is 20.4 Å². The molecule has 0 aliphatic heterocycles. The second-order valence-electron chi connectivity index (χ2n) is 4.54. The van der Waals surface area contributed by atoms with Crippen LogP contribution in [0.5, 0.6) is 5.75 Å². The van der Waals surface area contributed by atoms with Gasteiger partial charge in [-0.2, -0.15) is 0 Å². The van der Waals surface area contributed by atoms with E-state index in [0.717, 1.165) is 0 Å². The van der Waals surface area contributed by atoms with Gasteiger partial charge >= 0.3 is 0 Å². The molecule has 0 heterocycles. The van der Waals surface area contributed by atoms with E-state index >= 15 is 0 Å². The van der Waals surface area contributed by atoms with Crippen molar-refractivity contribution < 1.29 is 14.3 Å². The number of amides is 2. The van der Waals surface area contributed by atoms with E-state index in [0.29, 0.717) is 16.5 Å². The predicted molar refractivity (Wildman–Crippen MR) is 88.5 cm³/mol. The summed E-state index contributed by atoms with van der Waals surface area (Å²) in [5.41, 5.74) is 5.59. The first-order chi connectivity index (χ1) is 11.1. The molecule has 0 bridgehead atoms. The lowest BCUT2D eigenvalue weighted by Crippen LogP contribution is -2.44. The van der Waals surface area contributed by atoms with Crippen molar-refractivity contribution in [2.45, 2.75) is 0 Å². The third-order valence-corrected chi connectivity index (χ3v) is 3.31. The van der Waals surface area contributed by atoms with Crippen molar-refractivity contribution in [2.24, 2.45) is 0 Å². The highest BCUT2D eigenvalue weighted by atomic mass is 35.5. The minimum absolute atomic E-state index is 0.0246. The summed E-state index contributed by atoms with van der Waals surface area (Å²) in [6.45, 7) is -0.0246. The number of hydrogen-bond donors (Lipinski definition) is 3. The van der Waals surface area contributed by atoms with Crippen molar-refractivity contribution in [3.05, 3.63) is 59.1 Å². The Kier molecular flexibility index (Phi) is 5.82. The second kappa shape index (κ2) is 8.05. The zero-order valence-electron chi connectivity index (χ0n) is 12.4. The quantitative estimate of drug-likeness (QED) is 0.733. The van der Waals surface area contributed by atoms with Crippen LogP contribution in [-0.4, -0.2) is 25.5 Å². The molecule has 0 radical (unpaired) electrons. The van der Waals surface area contributed by atoms with E-state index in [-0.39, 0.29) is 12.1 Å². The van der Waals surface area contributed by atoms with Gasteiger partial charge in [0, 0.05) is 0 Å². The molecule has 3 N–H and O–H groups in total. The van der Waals surface area contributed by atoms with E-state index in [9.17, 15) is 9.59 Å². The number of para-hydroxylation sites is 2. The molecule has 2 aromatic rings. The number of nitrogens with one attached hydrogen (secondary N) is 3. The third-order valence-electron chi connectivity index (χ3n) is 2.98. The molecule has 2 aromatic carbocycles. The van der Waals surface area contributed by atoms with Crippen molar-refractivity contribution in [3.63, 3.8) is 0 Å². The number of carbonyl (C=O) groups excluding carboxylic acids is 2. The fourth-order valence-corrected chi connectivity index (χ4v) is 2.07. The number of ether oxygens (including phenoxy) is 1. The van der Waals surface area contributed by atoms with Crippen LogP contribution in [-0.2, 0) is 4.79 Å². The number of rotatable bonds is 5. The van der Waals surface area contributed by atoms with Crippen LogP contribution in [0.3, 0.4) is 0 Å². The van der Waals surface area contributed by atoms with E-state index in [1.165, 1.54) is 0 Å². The number of benzene rings is 2. The number of hydrogen-bond acceptors (Lipinski definition) is 4. The third kappa shape index (κ3) is 4.62. The SMILES string of the molecule is COc1ccccc1NCC(=O)NNC(=O)c1ccccc1Cl. The summed E-state index contributed by atoms with van der Waals surface area (Å²) < 4.78 is 5.17. The van der Waals surface area contributed by atoms with E-state index < -0.39 is 11.8 Å². The Bertz CT molecular complexity index is 706. The van der Waals surface area contributed by atoms with Crippen LogP contribution < -0.4 is 20.9 Å². The number of methoxy groups -OCH3 is 1. The van der Waals surface area contributed by atoms with Crippen molar-refractivity contribution in [1.29, 1.82) is 0 Å². The first-order valence-corrected chi connectivity index (χ1v) is 7.20. The molecule has 0 saturated carbocycles. The molecule has 0 aliphatic rings. The molecular weight excluding hydrogens is 318 g/mol. The van der Waals surface area contributed by atoms with Gasteiger partial charge in [0.25, 0.3) is 11.8 Å². The zero-order valence-corrected chi connectivity index (χ0v) is 13.2. The Morgan fingerprint density at radius 2 is 1.74 bits per heavy atom. The molecule has 2 rings (SSSR count). The van der Waals surface area contributed by atoms with Gasteiger partial charge in [0.2, 0.25) is 0 Å². The molecule has 2 amide bonds. The van der Waals surface area contributed by atoms with Gasteiger partial charge in [-0.05, 0) is 24.3 Å². The topological polar surface area (TPSA) is 79.5 Å². The maximum atomic E-state index is 11.9. The first-order valence-electron chi connectivity index (χ1n) is 6.82. The monoisotopic (exact) mass is 333 g/mol. The minimum atomic E-state index is -0.485. The molecule has 6 nitrogen and oxygen atoms in total. The molecule has 0 aliphatic carbocycles. The lowest BCUT2D eigenvalue weighted by Gasteiger charge is -2.11. The lowest BCUT2D eigenvalue weighted by atomic mass is 10.2. The highest BCUT2D eigenvalue weighted by Gasteiger charge is 2.10. The summed E-state index contributed by atoms with van der Waals surface area (Å²) >= 11 is 5.91. The molecule has 0 unspecified atom stereocenters. The Hall–Kier alpha value is -2.73. The van der Waals surface area contributed by atoms with Crippen LogP contribution >= 0.6 is 11.6 Å². The molecule has 7 heteroatoms. The highest BCUT2D eigenvalue weighted by Crippen LogP contribution is 2.22. The Labute approximate surface area is 138 Å². The second-order valence-corrected chi connectivity index (χ2v) is 4.94. The fourth-order valence-electron chi connectivity index (χ4n) is 1.85. The Morgan fingerprint density at radius 1 is 1.04 bits per heavy atom. The van der Waals surface area contributed by atoms with Crippen LogP contribution in [0.15, 0.2) is 48.5 Å². The molecule has 23 heavy (non-hydrogen) atoms. The molecule has 0 atom stereocenters. The smallest absolute Gasteiger partial charge is 0.271 e. The van der Waals surface area contributed by atoms with Crippen LogP contribution in [0.2, 0.25) is 5.02 Å². The average Bonchev–Trinajstić information content (AvgIpc) is 2.58. The summed E-state index contributed by atoms with van der Waals surface area (Å²) in [6.07, 6.45) is 0. The maximum absolute atomic E-state index is 11.9. The highest BCUT2D eigenvalue weighted by molar-refractivity contribution is 6.33. The summed E-state index contributed by atoms with van der Waals surface area (Å²) in [5, 5.41) is 3.24. The fraction of sp³-hybridized carbons (Fsp3) is 0.125. The maximum Gasteiger partial charge on any atom is 0.271 e. The van der Waals surface area contributed by atoms with Gasteiger partial charge in [0.05, 0.1) is 29.9 Å². The van der Waals surface area contributed by atoms with Crippen LogP contribution in [0, 0.1) is 0 Å². The summed E-state index contributed by atoms with van der Waals surface area (Å²) in [4.78, 5) is 23.7. The molecule has 0 aromatic heterocycles. The molecule has 0 fully saturated rings. The van der Waals surface area contributed by atoms with Gasteiger partial charge in [-0.15, -0.1) is 0 Å². The number of halogens is 1. The van der Waals surface area contributed by atoms with Crippen LogP contribution in [0.4, 0.5) is 5.69 Å². The van der Waals surface area contributed by atoms with Gasteiger partial charge in [0.1, 0.15) is 5.75 Å². The number of carbonyl (C=O) groups is 2. The van der Waals surface area contributed by atoms with Crippen molar-refractivity contribution >= 4 is 29.1 Å². The number of anilines is 1. The van der Waals surface area contributed by atoms with Crippen LogP contribution in [0.25, 0.3) is 0 Å². The van der Waals surface area contributed by atoms with Crippen molar-refractivity contribution in [3.8, 4) is 5.75 Å².